The molecule has 2 N–H and O–H groups in total. The van der Waals surface area contributed by atoms with Gasteiger partial charge in [0.2, 0.25) is 0 Å². The largest absolute Gasteiger partial charge is 0.373 e. The van der Waals surface area contributed by atoms with E-state index >= 15 is 0 Å². The molecule has 0 aromatic rings. The summed E-state index contributed by atoms with van der Waals surface area (Å²) >= 11 is 0. The number of hydrogen-bond acceptors (Lipinski definition) is 2. The fraction of sp³-hybridized carbons (Fsp3) is 0.556. The number of allylic oxidation sites excluding steroid dienone is 2. The summed E-state index contributed by atoms with van der Waals surface area (Å²) in [5.41, 5.74) is 1.32. The van der Waals surface area contributed by atoms with Crippen molar-refractivity contribution in [1.82, 2.24) is 10.6 Å². The summed E-state index contributed by atoms with van der Waals surface area (Å²) in [6.45, 7) is 6.78. The average Bonchev–Trinajstić information content (AvgIpc) is 2.37. The minimum atomic E-state index is 0.435. The SMILES string of the molecule is C=CCC/C=C1\CNC(C)N1. The van der Waals surface area contributed by atoms with Crippen LogP contribution in [0.3, 0.4) is 0 Å². The van der Waals surface area contributed by atoms with Gasteiger partial charge >= 0.3 is 0 Å². The fourth-order valence-electron chi connectivity index (χ4n) is 1.15. The molecule has 2 heteroatoms. The predicted octanol–water partition coefficient (Wildman–Crippen LogP) is 1.38. The lowest BCUT2D eigenvalue weighted by atomic mass is 10.2. The molecule has 1 rings (SSSR count). The molecular formula is C9H16N2. The molecule has 1 aliphatic rings. The second-order valence-corrected chi connectivity index (χ2v) is 2.84. The summed E-state index contributed by atoms with van der Waals surface area (Å²) in [6.07, 6.45) is 6.78. The molecule has 1 heterocycles. The van der Waals surface area contributed by atoms with Gasteiger partial charge in [-0.15, -0.1) is 6.58 Å². The number of unbranched alkanes of at least 4 members (excludes halogenated alkanes) is 1. The Hall–Kier alpha value is -0.760. The highest BCUT2D eigenvalue weighted by atomic mass is 15.2. The standard InChI is InChI=1S/C9H16N2/c1-3-4-5-6-9-7-10-8(2)11-9/h3,6,8,10-11H,1,4-5,7H2,2H3/b9-6+. The van der Waals surface area contributed by atoms with E-state index in [1.165, 1.54) is 5.70 Å². The van der Waals surface area contributed by atoms with Crippen LogP contribution in [0.15, 0.2) is 24.4 Å². The van der Waals surface area contributed by atoms with Gasteiger partial charge < -0.3 is 5.32 Å². The molecular weight excluding hydrogens is 136 g/mol. The Kier molecular flexibility index (Phi) is 3.17. The van der Waals surface area contributed by atoms with Crippen LogP contribution >= 0.6 is 0 Å². The Labute approximate surface area is 68.4 Å². The minimum absolute atomic E-state index is 0.435. The van der Waals surface area contributed by atoms with Gasteiger partial charge in [0, 0.05) is 12.2 Å². The van der Waals surface area contributed by atoms with E-state index in [2.05, 4.69) is 30.2 Å². The normalized spacial score (nSPS) is 27.0. The van der Waals surface area contributed by atoms with E-state index in [1.807, 2.05) is 6.08 Å². The molecule has 0 bridgehead atoms. The maximum Gasteiger partial charge on any atom is 0.0740 e. The van der Waals surface area contributed by atoms with Gasteiger partial charge in [0.1, 0.15) is 0 Å². The molecule has 0 saturated carbocycles. The highest BCUT2D eigenvalue weighted by Gasteiger charge is 2.10. The summed E-state index contributed by atoms with van der Waals surface area (Å²) in [5, 5.41) is 6.62. The van der Waals surface area contributed by atoms with Crippen LogP contribution in [0.1, 0.15) is 19.8 Å². The summed E-state index contributed by atoms with van der Waals surface area (Å²) in [6, 6.07) is 0. The minimum Gasteiger partial charge on any atom is -0.373 e. The maximum atomic E-state index is 3.67. The van der Waals surface area contributed by atoms with E-state index in [0.717, 1.165) is 19.4 Å². The van der Waals surface area contributed by atoms with Crippen molar-refractivity contribution < 1.29 is 0 Å². The van der Waals surface area contributed by atoms with Crippen LogP contribution in [0, 0.1) is 0 Å². The number of rotatable bonds is 3. The van der Waals surface area contributed by atoms with Crippen LogP contribution in [0.5, 0.6) is 0 Å². The van der Waals surface area contributed by atoms with Crippen LogP contribution in [-0.4, -0.2) is 12.7 Å². The molecule has 1 atom stereocenters. The Balaban J connectivity index is 2.24. The quantitative estimate of drug-likeness (QED) is 0.471. The molecule has 0 amide bonds. The van der Waals surface area contributed by atoms with Crippen molar-refractivity contribution in [3.8, 4) is 0 Å². The van der Waals surface area contributed by atoms with Crippen molar-refractivity contribution >= 4 is 0 Å². The van der Waals surface area contributed by atoms with Gasteiger partial charge in [-0.25, -0.2) is 0 Å². The lowest BCUT2D eigenvalue weighted by Gasteiger charge is -2.01. The van der Waals surface area contributed by atoms with Crippen LogP contribution in [0.4, 0.5) is 0 Å². The van der Waals surface area contributed by atoms with Crippen LogP contribution in [-0.2, 0) is 0 Å². The fourth-order valence-corrected chi connectivity index (χ4v) is 1.15. The Morgan fingerprint density at radius 3 is 3.00 bits per heavy atom. The summed E-state index contributed by atoms with van der Waals surface area (Å²) in [4.78, 5) is 0. The van der Waals surface area contributed by atoms with E-state index in [1.54, 1.807) is 0 Å². The van der Waals surface area contributed by atoms with Gasteiger partial charge in [-0.3, -0.25) is 5.32 Å². The molecule has 1 aliphatic heterocycles. The molecule has 2 nitrogen and oxygen atoms in total. The molecule has 62 valence electrons. The first-order chi connectivity index (χ1) is 5.33. The summed E-state index contributed by atoms with van der Waals surface area (Å²) in [5.74, 6) is 0. The molecule has 11 heavy (non-hydrogen) atoms. The van der Waals surface area contributed by atoms with E-state index < -0.39 is 0 Å². The van der Waals surface area contributed by atoms with Crippen LogP contribution in [0.2, 0.25) is 0 Å². The molecule has 1 saturated heterocycles. The Morgan fingerprint density at radius 2 is 2.45 bits per heavy atom. The van der Waals surface area contributed by atoms with Gasteiger partial charge in [-0.1, -0.05) is 12.2 Å². The van der Waals surface area contributed by atoms with Gasteiger partial charge in [0.15, 0.2) is 0 Å². The molecule has 1 unspecified atom stereocenters. The zero-order valence-corrected chi connectivity index (χ0v) is 7.06. The van der Waals surface area contributed by atoms with Crippen molar-refractivity contribution in [2.45, 2.75) is 25.9 Å². The molecule has 0 aliphatic carbocycles. The predicted molar refractivity (Wildman–Crippen MR) is 48.1 cm³/mol. The first-order valence-corrected chi connectivity index (χ1v) is 4.13. The van der Waals surface area contributed by atoms with Crippen molar-refractivity contribution in [2.24, 2.45) is 0 Å². The van der Waals surface area contributed by atoms with Crippen LogP contribution < -0.4 is 10.6 Å². The third-order valence-electron chi connectivity index (χ3n) is 1.76. The smallest absolute Gasteiger partial charge is 0.0740 e. The second kappa shape index (κ2) is 4.19. The van der Waals surface area contributed by atoms with Crippen molar-refractivity contribution in [2.75, 3.05) is 6.54 Å². The molecule has 0 spiro atoms. The zero-order chi connectivity index (χ0) is 8.10. The first kappa shape index (κ1) is 8.34. The first-order valence-electron chi connectivity index (χ1n) is 4.13. The van der Waals surface area contributed by atoms with E-state index in [9.17, 15) is 0 Å². The van der Waals surface area contributed by atoms with Crippen molar-refractivity contribution in [3.63, 3.8) is 0 Å². The maximum absolute atomic E-state index is 3.67. The summed E-state index contributed by atoms with van der Waals surface area (Å²) < 4.78 is 0. The van der Waals surface area contributed by atoms with Gasteiger partial charge in [-0.2, -0.15) is 0 Å². The molecule has 0 aromatic heterocycles. The van der Waals surface area contributed by atoms with Gasteiger partial charge in [-0.05, 0) is 19.8 Å². The summed E-state index contributed by atoms with van der Waals surface area (Å²) in [7, 11) is 0. The molecule has 1 fully saturated rings. The Morgan fingerprint density at radius 1 is 1.64 bits per heavy atom. The van der Waals surface area contributed by atoms with E-state index in [0.29, 0.717) is 6.17 Å². The van der Waals surface area contributed by atoms with Crippen molar-refractivity contribution in [1.29, 1.82) is 0 Å². The number of hydrogen-bond donors (Lipinski definition) is 2. The monoisotopic (exact) mass is 152 g/mol. The third-order valence-corrected chi connectivity index (χ3v) is 1.76. The zero-order valence-electron chi connectivity index (χ0n) is 7.06. The van der Waals surface area contributed by atoms with Gasteiger partial charge in [0.05, 0.1) is 6.17 Å². The number of nitrogens with one attached hydrogen (secondary N) is 2. The second-order valence-electron chi connectivity index (χ2n) is 2.84. The lowest BCUT2D eigenvalue weighted by Crippen LogP contribution is -2.26. The lowest BCUT2D eigenvalue weighted by molar-refractivity contribution is 0.614. The topological polar surface area (TPSA) is 24.1 Å². The van der Waals surface area contributed by atoms with Crippen LogP contribution in [0.25, 0.3) is 0 Å². The van der Waals surface area contributed by atoms with E-state index in [-0.39, 0.29) is 0 Å². The average molecular weight is 152 g/mol. The van der Waals surface area contributed by atoms with Gasteiger partial charge in [0.25, 0.3) is 0 Å². The van der Waals surface area contributed by atoms with E-state index in [4.69, 9.17) is 0 Å². The highest BCUT2D eigenvalue weighted by molar-refractivity contribution is 5.07. The highest BCUT2D eigenvalue weighted by Crippen LogP contribution is 2.01. The molecule has 0 radical (unpaired) electrons. The third kappa shape index (κ3) is 2.76. The Bertz CT molecular complexity index is 161. The molecule has 0 aromatic carbocycles. The van der Waals surface area contributed by atoms with Crippen molar-refractivity contribution in [3.05, 3.63) is 24.4 Å².